The van der Waals surface area contributed by atoms with Gasteiger partial charge in [-0.3, -0.25) is 9.59 Å². The molecule has 1 saturated carbocycles. The largest absolute Gasteiger partial charge is 0.377 e. The first-order valence-corrected chi connectivity index (χ1v) is 9.74. The van der Waals surface area contributed by atoms with Crippen molar-refractivity contribution in [3.63, 3.8) is 0 Å². The summed E-state index contributed by atoms with van der Waals surface area (Å²) in [7, 11) is 0. The summed E-state index contributed by atoms with van der Waals surface area (Å²) in [5.41, 5.74) is -0.123. The number of rotatable bonds is 15. The number of carbonyl (C=O) groups excluding carboxylic acids is 2. The fourth-order valence-corrected chi connectivity index (χ4v) is 2.76. The molecule has 0 saturated heterocycles. The van der Waals surface area contributed by atoms with Crippen LogP contribution < -0.4 is 10.6 Å². The third-order valence-electron chi connectivity index (χ3n) is 4.82. The molecular weight excluding hydrogens is 336 g/mol. The lowest BCUT2D eigenvalue weighted by Gasteiger charge is -2.21. The van der Waals surface area contributed by atoms with Gasteiger partial charge in [-0.1, -0.05) is 20.3 Å². The third kappa shape index (κ3) is 8.47. The Morgan fingerprint density at radius 2 is 1.58 bits per heavy atom. The summed E-state index contributed by atoms with van der Waals surface area (Å²) in [6.45, 7) is 11.0. The van der Waals surface area contributed by atoms with Crippen molar-refractivity contribution in [3.05, 3.63) is 0 Å². The zero-order chi connectivity index (χ0) is 19.4. The minimum absolute atomic E-state index is 0. The fourth-order valence-electron chi connectivity index (χ4n) is 2.76. The molecule has 0 spiro atoms. The minimum Gasteiger partial charge on any atom is -0.377 e. The quantitative estimate of drug-likeness (QED) is 0.427. The molecule has 7 heteroatoms. The molecule has 7 nitrogen and oxygen atoms in total. The maximum Gasteiger partial charge on any atom is 0.246 e. The number of nitrogens with one attached hydrogen (secondary N) is 2. The zero-order valence-electron chi connectivity index (χ0n) is 16.8. The molecule has 156 valence electrons. The summed E-state index contributed by atoms with van der Waals surface area (Å²) >= 11 is 0. The van der Waals surface area contributed by atoms with Gasteiger partial charge in [-0.05, 0) is 32.6 Å². The van der Waals surface area contributed by atoms with E-state index in [9.17, 15) is 9.59 Å². The molecule has 26 heavy (non-hydrogen) atoms. The number of amides is 2. The van der Waals surface area contributed by atoms with Crippen LogP contribution in [0.5, 0.6) is 0 Å². The first-order chi connectivity index (χ1) is 12.4. The van der Waals surface area contributed by atoms with E-state index < -0.39 is 0 Å². The molecule has 1 unspecified atom stereocenters. The van der Waals surface area contributed by atoms with Crippen molar-refractivity contribution in [1.82, 2.24) is 10.6 Å². The summed E-state index contributed by atoms with van der Waals surface area (Å²) in [5, 5.41) is 5.70. The number of carbonyl (C=O) groups is 2. The highest BCUT2D eigenvalue weighted by Crippen LogP contribution is 2.53. The van der Waals surface area contributed by atoms with E-state index in [1.54, 1.807) is 0 Å². The molecule has 1 fully saturated rings. The van der Waals surface area contributed by atoms with Crippen molar-refractivity contribution in [1.29, 1.82) is 0 Å². The smallest absolute Gasteiger partial charge is 0.246 e. The second-order valence-electron chi connectivity index (χ2n) is 7.16. The van der Waals surface area contributed by atoms with Gasteiger partial charge in [-0.15, -0.1) is 0 Å². The lowest BCUT2D eigenvalue weighted by Crippen LogP contribution is -2.37. The Bertz CT molecular complexity index is 435. The van der Waals surface area contributed by atoms with Crippen molar-refractivity contribution >= 4 is 11.8 Å². The topological polar surface area (TPSA) is 85.9 Å². The highest BCUT2D eigenvalue weighted by atomic mass is 16.5. The molecule has 1 aliphatic rings. The van der Waals surface area contributed by atoms with Crippen LogP contribution in [0.1, 0.15) is 49.8 Å². The Morgan fingerprint density at radius 3 is 2.08 bits per heavy atom. The Labute approximate surface area is 160 Å². The monoisotopic (exact) mass is 376 g/mol. The molecular formula is C19H40N2O5. The number of hydrogen-bond donors (Lipinski definition) is 2. The fraction of sp³-hybridized carbons (Fsp3) is 0.895. The van der Waals surface area contributed by atoms with E-state index in [-0.39, 0.29) is 32.8 Å². The summed E-state index contributed by atoms with van der Waals surface area (Å²) in [6, 6.07) is 0. The lowest BCUT2D eigenvalue weighted by atomic mass is 9.88. The van der Waals surface area contributed by atoms with Gasteiger partial charge in [0, 0.05) is 15.9 Å². The van der Waals surface area contributed by atoms with E-state index >= 15 is 0 Å². The second kappa shape index (κ2) is 12.3. The molecule has 0 aromatic carbocycles. The molecule has 0 aromatic heterocycles. The van der Waals surface area contributed by atoms with Crippen molar-refractivity contribution in [2.75, 3.05) is 46.1 Å². The first kappa shape index (κ1) is 22.9. The summed E-state index contributed by atoms with van der Waals surface area (Å²) in [5.74, 6) is 0.471. The SMILES string of the molecule is CCC(C)C1(C(=O)NCCOCCOCCNC(=O)COC(C)C)CC1.[HH].[HH]. The van der Waals surface area contributed by atoms with Crippen LogP contribution >= 0.6 is 0 Å². The van der Waals surface area contributed by atoms with Crippen molar-refractivity contribution in [2.24, 2.45) is 11.3 Å². The van der Waals surface area contributed by atoms with E-state index in [0.29, 0.717) is 45.4 Å². The van der Waals surface area contributed by atoms with Crippen LogP contribution in [-0.4, -0.2) is 64.0 Å². The van der Waals surface area contributed by atoms with Crippen LogP contribution in [0.3, 0.4) is 0 Å². The molecule has 2 amide bonds. The van der Waals surface area contributed by atoms with Gasteiger partial charge in [0.05, 0.1) is 37.9 Å². The van der Waals surface area contributed by atoms with Gasteiger partial charge in [-0.25, -0.2) is 0 Å². The Kier molecular flexibility index (Phi) is 10.8. The Hall–Kier alpha value is -1.18. The molecule has 1 atom stereocenters. The van der Waals surface area contributed by atoms with Gasteiger partial charge < -0.3 is 24.8 Å². The second-order valence-corrected chi connectivity index (χ2v) is 7.16. The molecule has 0 heterocycles. The maximum absolute atomic E-state index is 12.2. The highest BCUT2D eigenvalue weighted by molar-refractivity contribution is 5.85. The predicted molar refractivity (Wildman–Crippen MR) is 104 cm³/mol. The standard InChI is InChI=1S/C19H36N2O5.2H2/c1-5-16(4)19(6-7-19)18(23)21-9-11-25-13-12-24-10-8-20-17(22)14-26-15(2)3;;/h15-16H,5-14H2,1-4H3,(H,20,22)(H,21,23);2*1H. The van der Waals surface area contributed by atoms with Crippen LogP contribution in [0.4, 0.5) is 0 Å². The van der Waals surface area contributed by atoms with Gasteiger partial charge in [0.1, 0.15) is 6.61 Å². The zero-order valence-corrected chi connectivity index (χ0v) is 16.8. The predicted octanol–water partition coefficient (Wildman–Crippen LogP) is 2.00. The Balaban J connectivity index is 0. The summed E-state index contributed by atoms with van der Waals surface area (Å²) < 4.78 is 16.0. The third-order valence-corrected chi connectivity index (χ3v) is 4.82. The van der Waals surface area contributed by atoms with Gasteiger partial charge in [0.2, 0.25) is 11.8 Å². The number of ether oxygens (including phenoxy) is 3. The Morgan fingerprint density at radius 1 is 1.00 bits per heavy atom. The van der Waals surface area contributed by atoms with Gasteiger partial charge >= 0.3 is 0 Å². The normalized spacial score (nSPS) is 16.3. The van der Waals surface area contributed by atoms with Gasteiger partial charge in [0.25, 0.3) is 0 Å². The first-order valence-electron chi connectivity index (χ1n) is 9.74. The number of hydrogen-bond acceptors (Lipinski definition) is 5. The molecule has 1 rings (SSSR count). The molecule has 0 aromatic rings. The van der Waals surface area contributed by atoms with Gasteiger partial charge in [-0.2, -0.15) is 0 Å². The van der Waals surface area contributed by atoms with Gasteiger partial charge in [0.15, 0.2) is 0 Å². The molecule has 1 aliphatic carbocycles. The molecule has 0 radical (unpaired) electrons. The molecule has 0 bridgehead atoms. The van der Waals surface area contributed by atoms with E-state index in [1.807, 2.05) is 13.8 Å². The highest BCUT2D eigenvalue weighted by Gasteiger charge is 2.52. The molecule has 0 aliphatic heterocycles. The van der Waals surface area contributed by atoms with E-state index in [1.165, 1.54) is 0 Å². The minimum atomic E-state index is -0.139. The van der Waals surface area contributed by atoms with Crippen molar-refractivity contribution in [2.45, 2.75) is 53.1 Å². The summed E-state index contributed by atoms with van der Waals surface area (Å²) in [4.78, 5) is 23.6. The van der Waals surface area contributed by atoms with E-state index in [2.05, 4.69) is 24.5 Å². The summed E-state index contributed by atoms with van der Waals surface area (Å²) in [6.07, 6.45) is 3.08. The maximum atomic E-state index is 12.2. The van der Waals surface area contributed by atoms with Crippen LogP contribution in [0.2, 0.25) is 0 Å². The average Bonchev–Trinajstić information content (AvgIpc) is 3.42. The van der Waals surface area contributed by atoms with Crippen LogP contribution in [0.15, 0.2) is 0 Å². The van der Waals surface area contributed by atoms with Crippen molar-refractivity contribution in [3.8, 4) is 0 Å². The van der Waals surface area contributed by atoms with E-state index in [0.717, 1.165) is 19.3 Å². The van der Waals surface area contributed by atoms with E-state index in [4.69, 9.17) is 14.2 Å². The average molecular weight is 377 g/mol. The molecule has 2 N–H and O–H groups in total. The lowest BCUT2D eigenvalue weighted by molar-refractivity contribution is -0.128. The van der Waals surface area contributed by atoms with Crippen molar-refractivity contribution < 1.29 is 26.7 Å². The van der Waals surface area contributed by atoms with Crippen LogP contribution in [-0.2, 0) is 23.8 Å². The van der Waals surface area contributed by atoms with Crippen LogP contribution in [0.25, 0.3) is 0 Å². The van der Waals surface area contributed by atoms with Crippen LogP contribution in [0, 0.1) is 11.3 Å².